The number of amides is 3. The number of carbonyl (C=O) groups is 4. The highest BCUT2D eigenvalue weighted by molar-refractivity contribution is 5.96. The van der Waals surface area contributed by atoms with Gasteiger partial charge in [0.15, 0.2) is 0 Å². The van der Waals surface area contributed by atoms with Gasteiger partial charge in [-0.05, 0) is 70.1 Å². The molecule has 2 heterocycles. The zero-order valence-corrected chi connectivity index (χ0v) is 28.8. The van der Waals surface area contributed by atoms with Crippen molar-refractivity contribution >= 4 is 23.9 Å². The molecule has 10 heteroatoms. The largest absolute Gasteiger partial charge is 0.464 e. The van der Waals surface area contributed by atoms with E-state index >= 15 is 0 Å². The molecule has 5 rings (SSSR count). The maximum absolute atomic E-state index is 14.5. The van der Waals surface area contributed by atoms with Crippen LogP contribution in [-0.2, 0) is 34.2 Å². The van der Waals surface area contributed by atoms with Crippen molar-refractivity contribution in [2.45, 2.75) is 101 Å². The Morgan fingerprint density at radius 1 is 0.979 bits per heavy atom. The number of rotatable bonds is 6. The molecule has 10 nitrogen and oxygen atoms in total. The summed E-state index contributed by atoms with van der Waals surface area (Å²) in [4.78, 5) is 56.6. The van der Waals surface area contributed by atoms with Crippen molar-refractivity contribution in [1.82, 2.24) is 15.5 Å². The maximum Gasteiger partial charge on any atom is 0.408 e. The molecule has 1 saturated carbocycles. The van der Waals surface area contributed by atoms with Gasteiger partial charge in [0.25, 0.3) is 0 Å². The van der Waals surface area contributed by atoms with Crippen molar-refractivity contribution < 1.29 is 33.4 Å². The van der Waals surface area contributed by atoms with Crippen LogP contribution in [0, 0.1) is 5.92 Å². The Balaban J connectivity index is 1.51. The number of nitrogens with one attached hydrogen (secondary N) is 2. The fourth-order valence-corrected chi connectivity index (χ4v) is 6.88. The van der Waals surface area contributed by atoms with E-state index in [0.29, 0.717) is 19.3 Å². The molecule has 258 valence electrons. The second kappa shape index (κ2) is 14.5. The van der Waals surface area contributed by atoms with Crippen LogP contribution in [0.25, 0.3) is 11.1 Å². The van der Waals surface area contributed by atoms with Crippen molar-refractivity contribution in [3.8, 4) is 11.1 Å². The number of alkyl carbamates (subject to hydrolysis) is 1. The smallest absolute Gasteiger partial charge is 0.408 e. The highest BCUT2D eigenvalue weighted by Crippen LogP contribution is 2.47. The lowest BCUT2D eigenvalue weighted by Crippen LogP contribution is -2.56. The first kappa shape index (κ1) is 35.1. The highest BCUT2D eigenvalue weighted by Gasteiger charge is 2.63. The summed E-state index contributed by atoms with van der Waals surface area (Å²) >= 11 is 0. The monoisotopic (exact) mass is 659 g/mol. The van der Waals surface area contributed by atoms with Gasteiger partial charge < -0.3 is 29.7 Å². The van der Waals surface area contributed by atoms with Gasteiger partial charge in [0.2, 0.25) is 11.8 Å². The third-order valence-electron chi connectivity index (χ3n) is 9.54. The van der Waals surface area contributed by atoms with Crippen molar-refractivity contribution in [1.29, 1.82) is 0 Å². The summed E-state index contributed by atoms with van der Waals surface area (Å²) in [6.07, 6.45) is 7.53. The predicted molar refractivity (Wildman–Crippen MR) is 182 cm³/mol. The van der Waals surface area contributed by atoms with Crippen molar-refractivity contribution in [3.05, 3.63) is 72.3 Å². The predicted octanol–water partition coefficient (Wildman–Crippen LogP) is 5.65. The van der Waals surface area contributed by atoms with Gasteiger partial charge in [0.1, 0.15) is 28.8 Å². The topological polar surface area (TPSA) is 123 Å². The van der Waals surface area contributed by atoms with E-state index in [-0.39, 0.29) is 25.5 Å². The standard InChI is InChI=1S/C38H49N3O7/c1-6-47-34(44)38-23-29(38)17-13-8-7-9-14-18-30(39-35(45)48-36(2,3)4)33(43)41-25-37(46-5,24-31(41)32(42)40-38)28-21-19-27(20-22-28)26-15-11-10-12-16-26/h10-13,15-17,19-22,29-31H,6-9,14,18,23-25H2,1-5H3,(H,39,45)(H,40,42)/b17-13-/t29-,30+,31+,37+,38-/m1/s1. The fourth-order valence-electron chi connectivity index (χ4n) is 6.88. The number of benzene rings is 2. The molecule has 0 spiro atoms. The second-order valence-electron chi connectivity index (χ2n) is 14.1. The quantitative estimate of drug-likeness (QED) is 0.304. The summed E-state index contributed by atoms with van der Waals surface area (Å²) in [6.45, 7) is 7.29. The molecule has 0 aromatic heterocycles. The van der Waals surface area contributed by atoms with Gasteiger partial charge in [0.05, 0.1) is 13.2 Å². The highest BCUT2D eigenvalue weighted by atomic mass is 16.6. The van der Waals surface area contributed by atoms with E-state index in [1.165, 1.54) is 4.90 Å². The zero-order valence-electron chi connectivity index (χ0n) is 28.8. The minimum absolute atomic E-state index is 0.0767. The zero-order chi connectivity index (χ0) is 34.5. The number of carbonyl (C=O) groups excluding carboxylic acids is 4. The maximum atomic E-state index is 14.5. The van der Waals surface area contributed by atoms with Crippen LogP contribution in [-0.4, -0.2) is 72.3 Å². The Morgan fingerprint density at radius 2 is 1.69 bits per heavy atom. The fraction of sp³-hybridized carbons (Fsp3) is 0.526. The number of allylic oxidation sites excluding steroid dienone is 1. The summed E-state index contributed by atoms with van der Waals surface area (Å²) in [5.74, 6) is -1.54. The molecule has 3 aliphatic rings. The SMILES string of the molecule is CCOC(=O)[C@@]12C[C@H]1/C=C\CCCCC[C@H](NC(=O)OC(C)(C)C)C(=O)N1C[C@](OC)(c3ccc(-c4ccccc4)cc3)C[C@H]1C(=O)N2. The molecule has 2 aromatic carbocycles. The average Bonchev–Trinajstić information content (AvgIpc) is 3.60. The van der Waals surface area contributed by atoms with Crippen molar-refractivity contribution in [2.24, 2.45) is 5.92 Å². The number of hydrogen-bond donors (Lipinski definition) is 2. The lowest BCUT2D eigenvalue weighted by Gasteiger charge is -2.31. The Morgan fingerprint density at radius 3 is 2.35 bits per heavy atom. The van der Waals surface area contributed by atoms with Crippen LogP contribution in [0.2, 0.25) is 0 Å². The van der Waals surface area contributed by atoms with Gasteiger partial charge in [-0.15, -0.1) is 0 Å². The molecule has 1 saturated heterocycles. The van der Waals surface area contributed by atoms with Crippen LogP contribution in [0.5, 0.6) is 0 Å². The Kier molecular flexibility index (Phi) is 10.6. The van der Waals surface area contributed by atoms with Gasteiger partial charge >= 0.3 is 12.1 Å². The van der Waals surface area contributed by atoms with Crippen LogP contribution in [0.4, 0.5) is 4.79 Å². The first-order valence-electron chi connectivity index (χ1n) is 17.1. The van der Waals surface area contributed by atoms with E-state index in [1.54, 1.807) is 34.8 Å². The number of nitrogens with zero attached hydrogens (tertiary/aromatic N) is 1. The Bertz CT molecular complexity index is 1500. The molecule has 2 aliphatic heterocycles. The normalized spacial score (nSPS) is 28.5. The Hall–Kier alpha value is -4.18. The molecule has 48 heavy (non-hydrogen) atoms. The van der Waals surface area contributed by atoms with Crippen LogP contribution < -0.4 is 10.6 Å². The number of fused-ring (bicyclic) bond motifs is 2. The van der Waals surface area contributed by atoms with Crippen LogP contribution in [0.1, 0.15) is 78.2 Å². The molecule has 0 unspecified atom stereocenters. The van der Waals surface area contributed by atoms with Crippen LogP contribution >= 0.6 is 0 Å². The van der Waals surface area contributed by atoms with Gasteiger partial charge in [-0.3, -0.25) is 9.59 Å². The summed E-state index contributed by atoms with van der Waals surface area (Å²) in [7, 11) is 1.58. The Labute approximate surface area is 283 Å². The summed E-state index contributed by atoms with van der Waals surface area (Å²) in [6, 6.07) is 16.1. The molecule has 3 amide bonds. The molecule has 0 radical (unpaired) electrons. The number of methoxy groups -OCH3 is 1. The molecular weight excluding hydrogens is 610 g/mol. The molecule has 5 atom stereocenters. The molecule has 2 aromatic rings. The molecular formula is C38H49N3O7. The minimum Gasteiger partial charge on any atom is -0.464 e. The average molecular weight is 660 g/mol. The van der Waals surface area contributed by atoms with Gasteiger partial charge in [0, 0.05) is 19.4 Å². The number of esters is 1. The van der Waals surface area contributed by atoms with Crippen LogP contribution in [0.3, 0.4) is 0 Å². The van der Waals surface area contributed by atoms with E-state index in [4.69, 9.17) is 14.2 Å². The lowest BCUT2D eigenvalue weighted by atomic mass is 9.89. The summed E-state index contributed by atoms with van der Waals surface area (Å²) in [5, 5.41) is 5.82. The van der Waals surface area contributed by atoms with Gasteiger partial charge in [-0.1, -0.05) is 79.6 Å². The van der Waals surface area contributed by atoms with E-state index in [1.807, 2.05) is 60.7 Å². The molecule has 2 fully saturated rings. The van der Waals surface area contributed by atoms with Crippen LogP contribution in [0.15, 0.2) is 66.7 Å². The van der Waals surface area contributed by atoms with Crippen molar-refractivity contribution in [2.75, 3.05) is 20.3 Å². The van der Waals surface area contributed by atoms with Gasteiger partial charge in [-0.2, -0.15) is 0 Å². The minimum atomic E-state index is -1.19. The molecule has 1 aliphatic carbocycles. The summed E-state index contributed by atoms with van der Waals surface area (Å²) < 4.78 is 17.2. The molecule has 0 bridgehead atoms. The van der Waals surface area contributed by atoms with E-state index in [2.05, 4.69) is 16.7 Å². The molecule has 2 N–H and O–H groups in total. The third kappa shape index (κ3) is 7.75. The van der Waals surface area contributed by atoms with Crippen molar-refractivity contribution in [3.63, 3.8) is 0 Å². The second-order valence-corrected chi connectivity index (χ2v) is 14.1. The lowest BCUT2D eigenvalue weighted by molar-refractivity contribution is -0.150. The van der Waals surface area contributed by atoms with E-state index in [9.17, 15) is 19.2 Å². The van der Waals surface area contributed by atoms with Gasteiger partial charge in [-0.25, -0.2) is 9.59 Å². The van der Waals surface area contributed by atoms with E-state index in [0.717, 1.165) is 36.0 Å². The summed E-state index contributed by atoms with van der Waals surface area (Å²) in [5.41, 5.74) is -0.0575. The number of ether oxygens (including phenoxy) is 3. The third-order valence-corrected chi connectivity index (χ3v) is 9.54. The number of hydrogen-bond acceptors (Lipinski definition) is 7. The first-order chi connectivity index (χ1) is 22.9. The van der Waals surface area contributed by atoms with E-state index < -0.39 is 52.7 Å². The first-order valence-corrected chi connectivity index (χ1v) is 17.1.